The topological polar surface area (TPSA) is 352 Å². The van der Waals surface area contributed by atoms with E-state index in [9.17, 15) is 71.6 Å². The normalized spacial score (nSPS) is 24.8. The maximum absolute atomic E-state index is 13.1. The van der Waals surface area contributed by atoms with E-state index in [2.05, 4.69) is 29.1 Å². The maximum atomic E-state index is 13.1. The van der Waals surface area contributed by atoms with Gasteiger partial charge in [-0.05, 0) is 276 Å². The van der Waals surface area contributed by atoms with Crippen LogP contribution in [-0.2, 0) is 47.4 Å². The van der Waals surface area contributed by atoms with Crippen LogP contribution >= 0.6 is 15.9 Å². The minimum absolute atomic E-state index is 0.0162. The summed E-state index contributed by atoms with van der Waals surface area (Å²) in [6.45, 7) is 30.8. The molecule has 6 fully saturated rings. The van der Waals surface area contributed by atoms with Crippen LogP contribution in [0.4, 0.5) is 30.7 Å². The number of fused-ring (bicyclic) bond motifs is 4. The predicted molar refractivity (Wildman–Crippen MR) is 496 cm³/mol. The van der Waals surface area contributed by atoms with E-state index in [-0.39, 0.29) is 120 Å². The van der Waals surface area contributed by atoms with E-state index >= 15 is 0 Å². The second kappa shape index (κ2) is 49.1. The number of aliphatic hydroxyl groups excluding tert-OH is 8. The molecule has 17 rings (SSSR count). The average Bonchev–Trinajstić information content (AvgIpc) is 1.72. The minimum Gasteiger partial charge on any atom is -0.507 e. The van der Waals surface area contributed by atoms with Crippen molar-refractivity contribution in [1.29, 1.82) is 0 Å². The fourth-order valence-electron chi connectivity index (χ4n) is 14.4. The Bertz CT molecular complexity index is 4940. The maximum Gasteiger partial charge on any atom is 0.163 e. The number of aliphatic hydroxyl groups is 8. The van der Waals surface area contributed by atoms with Crippen LogP contribution in [0.3, 0.4) is 0 Å². The standard InChI is InChI=1S/2C15H19FO3.2C14H15FO3.2C11H11FO3.2C8H14O3.C6H4BrFO/c2*1-15(2)8-7-14(19-15)13(18)5-3-10-9-11(16)4-6-12(10)17;2*1-14(2)16-8-13(18-14)12-5-3-9-7-10(15)4-6-11(9)17-12;2*12-8-2-4-10-7(5-8)1-3-11(15-10)9(14)6-13;2*1-4-6(9)7-5-10-8(2,3)11-7;7-5-3-4(8)1-2-6(5)9/h2*3-6,9,13-14,17-18H,7-8H2,1-2H3;2*3-7,12-13H,8H2,1-2H3;2*1-5,9,11,13-14H,6H2;2*4,6-7,9H,1,5H2,2-3H3;1-3,9H/b2*5-3+;;;;;;;/t2*13?,14-;2*12?,13-;2*9-,11?;2*6?,7-;/m10101010./s1. The van der Waals surface area contributed by atoms with Gasteiger partial charge in [-0.3, -0.25) is 0 Å². The van der Waals surface area contributed by atoms with E-state index in [1.165, 1.54) is 152 Å². The van der Waals surface area contributed by atoms with Gasteiger partial charge in [0.1, 0.15) is 154 Å². The van der Waals surface area contributed by atoms with E-state index in [4.69, 9.17) is 81.6 Å². The summed E-state index contributed by atoms with van der Waals surface area (Å²) in [7, 11) is 0. The van der Waals surface area contributed by atoms with Crippen LogP contribution in [0.1, 0.15) is 142 Å². The van der Waals surface area contributed by atoms with Crippen molar-refractivity contribution in [2.75, 3.05) is 39.6 Å². The molecule has 10 aliphatic rings. The molecule has 10 aliphatic heterocycles. The smallest absolute Gasteiger partial charge is 0.163 e. The minimum atomic E-state index is -0.959. The van der Waals surface area contributed by atoms with Gasteiger partial charge in [0.05, 0.1) is 79.7 Å². The van der Waals surface area contributed by atoms with Gasteiger partial charge in [0.15, 0.2) is 23.1 Å². The second-order valence-electron chi connectivity index (χ2n) is 35.5. The van der Waals surface area contributed by atoms with Crippen molar-refractivity contribution < 1.29 is 153 Å². The summed E-state index contributed by atoms with van der Waals surface area (Å²) in [5.74, 6) is -2.25. The number of aromatic hydroxyl groups is 3. The quantitative estimate of drug-likeness (QED) is 0.0316. The van der Waals surface area contributed by atoms with Crippen molar-refractivity contribution >= 4 is 52.4 Å². The lowest BCUT2D eigenvalue weighted by molar-refractivity contribution is -0.147. The van der Waals surface area contributed by atoms with Crippen LogP contribution < -0.4 is 18.9 Å². The number of benzene rings is 7. The molecular weight excluding hydrogens is 1840 g/mol. The number of hydrogen-bond acceptors (Lipinski definition) is 25. The third kappa shape index (κ3) is 34.2. The molecule has 25 nitrogen and oxygen atoms in total. The van der Waals surface area contributed by atoms with Gasteiger partial charge in [0.25, 0.3) is 0 Å². The molecule has 0 bridgehead atoms. The first-order valence-electron chi connectivity index (χ1n) is 43.8. The van der Waals surface area contributed by atoms with Crippen molar-refractivity contribution in [1.82, 2.24) is 0 Å². The zero-order valence-corrected chi connectivity index (χ0v) is 78.7. The summed E-state index contributed by atoms with van der Waals surface area (Å²) in [5, 5.41) is 103. The Morgan fingerprint density at radius 2 is 0.659 bits per heavy atom. The Morgan fingerprint density at radius 3 is 0.941 bits per heavy atom. The van der Waals surface area contributed by atoms with Crippen molar-refractivity contribution in [2.24, 2.45) is 0 Å². The Hall–Kier alpha value is -9.67. The molecule has 6 saturated heterocycles. The van der Waals surface area contributed by atoms with Crippen molar-refractivity contribution in [3.8, 4) is 40.2 Å². The Morgan fingerprint density at radius 1 is 0.363 bits per heavy atom. The van der Waals surface area contributed by atoms with Gasteiger partial charge < -0.3 is 122 Å². The molecule has 736 valence electrons. The number of phenolic OH excluding ortho intramolecular Hbond substituents is 3. The van der Waals surface area contributed by atoms with Crippen molar-refractivity contribution in [2.45, 2.75) is 241 Å². The van der Waals surface area contributed by atoms with E-state index in [1.54, 1.807) is 36.4 Å². The van der Waals surface area contributed by atoms with Gasteiger partial charge in [0, 0.05) is 33.4 Å². The highest BCUT2D eigenvalue weighted by molar-refractivity contribution is 9.10. The molecular formula is C102H122BrF7O25. The third-order valence-electron chi connectivity index (χ3n) is 21.6. The van der Waals surface area contributed by atoms with E-state index in [1.807, 2.05) is 107 Å². The molecule has 135 heavy (non-hydrogen) atoms. The third-order valence-corrected chi connectivity index (χ3v) is 22.3. The van der Waals surface area contributed by atoms with Crippen molar-refractivity contribution in [3.05, 3.63) is 268 Å². The van der Waals surface area contributed by atoms with E-state index < -0.39 is 83.6 Å². The lowest BCUT2D eigenvalue weighted by atomic mass is 10.0. The van der Waals surface area contributed by atoms with Gasteiger partial charge >= 0.3 is 0 Å². The highest BCUT2D eigenvalue weighted by Gasteiger charge is 2.43. The van der Waals surface area contributed by atoms with Crippen LogP contribution in [0.2, 0.25) is 0 Å². The van der Waals surface area contributed by atoms with Gasteiger partial charge in [-0.2, -0.15) is 0 Å². The molecule has 0 aromatic heterocycles. The SMILES string of the molecule is C=CC(O)[C@@H]1COC(C)(C)O1.C=CC(O)[C@H]1COC(C)(C)O1.CC1(C)CC[C@@H](C(O)/C=C/c2cc(F)ccc2O)O1.CC1(C)CC[C@H](C(O)/C=C/c2cc(F)ccc2O)O1.CC1(C)OC[C@@H](C2C=Cc3cc(F)ccc3O2)O1.CC1(C)OC[C@H](C2C=Cc3cc(F)ccc3O2)O1.OC[C@@H](O)C1C=Cc2cc(F)ccc2O1.OC[C@H](O)C1C=Cc2cc(F)ccc2O1.Oc1ccc(F)cc1Br. The molecule has 7 aromatic rings. The summed E-state index contributed by atoms with van der Waals surface area (Å²) in [4.78, 5) is 0. The fraction of sp³-hybridized carbons (Fsp3) is 0.431. The van der Waals surface area contributed by atoms with Gasteiger partial charge in [-0.15, -0.1) is 13.2 Å². The van der Waals surface area contributed by atoms with Crippen LogP contribution in [0.5, 0.6) is 40.2 Å². The molecule has 10 heterocycles. The zero-order chi connectivity index (χ0) is 99.1. The van der Waals surface area contributed by atoms with Crippen LogP contribution in [0, 0.1) is 40.7 Å². The highest BCUT2D eigenvalue weighted by atomic mass is 79.9. The zero-order valence-electron chi connectivity index (χ0n) is 77.1. The van der Waals surface area contributed by atoms with Crippen LogP contribution in [0.25, 0.3) is 36.5 Å². The summed E-state index contributed by atoms with van der Waals surface area (Å²) >= 11 is 2.96. The second-order valence-corrected chi connectivity index (χ2v) is 36.4. The van der Waals surface area contributed by atoms with Gasteiger partial charge in [-0.1, -0.05) is 60.8 Å². The molecule has 0 amide bonds. The molecule has 0 spiro atoms. The number of rotatable bonds is 16. The predicted octanol–water partition coefficient (Wildman–Crippen LogP) is 16.8. The van der Waals surface area contributed by atoms with E-state index in [0.717, 1.165) is 36.8 Å². The first kappa shape index (κ1) is 109. The molecule has 0 saturated carbocycles. The first-order valence-corrected chi connectivity index (χ1v) is 44.5. The summed E-state index contributed by atoms with van der Waals surface area (Å²) in [6.07, 6.45) is 18.9. The van der Waals surface area contributed by atoms with Gasteiger partial charge in [0.2, 0.25) is 0 Å². The molecule has 7 aromatic carbocycles. The highest BCUT2D eigenvalue weighted by Crippen LogP contribution is 2.39. The molecule has 11 N–H and O–H groups in total. The average molecular weight is 1960 g/mol. The Labute approximate surface area is 789 Å². The Kier molecular flexibility index (Phi) is 39.6. The molecule has 16 atom stereocenters. The Balaban J connectivity index is 0.000000172. The molecule has 0 aliphatic carbocycles. The molecule has 33 heteroatoms. The first-order chi connectivity index (χ1) is 63.5. The monoisotopic (exact) mass is 1960 g/mol. The number of hydrogen-bond donors (Lipinski definition) is 11. The summed E-state index contributed by atoms with van der Waals surface area (Å²) in [6, 6.07) is 28.4. The largest absolute Gasteiger partial charge is 0.507 e. The number of halogens is 8. The lowest BCUT2D eigenvalue weighted by Crippen LogP contribution is -2.34. The van der Waals surface area contributed by atoms with Crippen LogP contribution in [0.15, 0.2) is 194 Å². The number of ether oxygens (including phenoxy) is 14. The molecule has 8 unspecified atom stereocenters. The molecule has 0 radical (unpaired) electrons. The summed E-state index contributed by atoms with van der Waals surface area (Å²) < 4.78 is 168. The van der Waals surface area contributed by atoms with Crippen molar-refractivity contribution in [3.63, 3.8) is 0 Å². The number of phenols is 3. The van der Waals surface area contributed by atoms with E-state index in [0.29, 0.717) is 76.2 Å². The van der Waals surface area contributed by atoms with Crippen LogP contribution in [-0.4, -0.2) is 228 Å². The fourth-order valence-corrected chi connectivity index (χ4v) is 14.7. The lowest BCUT2D eigenvalue weighted by Gasteiger charge is -2.26. The van der Waals surface area contributed by atoms with Gasteiger partial charge in [-0.25, -0.2) is 30.7 Å². The summed E-state index contributed by atoms with van der Waals surface area (Å²) in [5.41, 5.74) is 3.05.